The van der Waals surface area contributed by atoms with Crippen molar-refractivity contribution in [2.45, 2.75) is 65.3 Å². The van der Waals surface area contributed by atoms with Crippen LogP contribution in [0.3, 0.4) is 0 Å². The maximum Gasteiger partial charge on any atom is 0.410 e. The quantitative estimate of drug-likeness (QED) is 0.660. The third kappa shape index (κ3) is 6.09. The molecular weight excluding hydrogens is 430 g/mol. The fourth-order valence-corrected chi connectivity index (χ4v) is 3.48. The number of ether oxygens (including phenoxy) is 1. The number of terminal acetylenes is 1. The van der Waals surface area contributed by atoms with Gasteiger partial charge in [0.25, 0.3) is 12.0 Å². The summed E-state index contributed by atoms with van der Waals surface area (Å²) in [7, 11) is 0. The van der Waals surface area contributed by atoms with E-state index in [1.807, 2.05) is 0 Å². The van der Waals surface area contributed by atoms with Gasteiger partial charge in [-0.3, -0.25) is 9.36 Å². The molecule has 0 bridgehead atoms. The Balaban J connectivity index is 1.84. The monoisotopic (exact) mass is 458 g/mol. The van der Waals surface area contributed by atoms with Gasteiger partial charge in [-0.05, 0) is 26.3 Å². The first-order chi connectivity index (χ1) is 15.6. The van der Waals surface area contributed by atoms with Crippen LogP contribution in [0.5, 0.6) is 0 Å². The number of carbonyl (C=O) groups is 1. The van der Waals surface area contributed by atoms with Crippen molar-refractivity contribution < 1.29 is 18.3 Å². The van der Waals surface area contributed by atoms with Gasteiger partial charge in [-0.25, -0.2) is 18.6 Å². The van der Waals surface area contributed by atoms with Crippen LogP contribution in [-0.4, -0.2) is 32.7 Å². The summed E-state index contributed by atoms with van der Waals surface area (Å²) < 4.78 is 32.4. The average Bonchev–Trinajstić information content (AvgIpc) is 2.76. The molecule has 0 fully saturated rings. The van der Waals surface area contributed by atoms with Crippen molar-refractivity contribution in [2.75, 3.05) is 11.9 Å². The molecule has 0 unspecified atom stereocenters. The van der Waals surface area contributed by atoms with Gasteiger partial charge in [-0.15, -0.1) is 12.3 Å². The normalized spacial score (nSPS) is 13.4. The van der Waals surface area contributed by atoms with Crippen molar-refractivity contribution in [3.8, 4) is 12.3 Å². The molecule has 1 aromatic heterocycles. The first-order valence-electron chi connectivity index (χ1n) is 10.7. The predicted molar refractivity (Wildman–Crippen MR) is 121 cm³/mol. The van der Waals surface area contributed by atoms with Gasteiger partial charge >= 0.3 is 6.09 Å². The minimum Gasteiger partial charge on any atom is -0.444 e. The summed E-state index contributed by atoms with van der Waals surface area (Å²) in [6.45, 7) is 6.42. The molecule has 0 saturated heterocycles. The first kappa shape index (κ1) is 24.2. The predicted octanol–water partition coefficient (Wildman–Crippen LogP) is 4.11. The van der Waals surface area contributed by atoms with E-state index in [4.69, 9.17) is 11.2 Å². The van der Waals surface area contributed by atoms with E-state index in [9.17, 15) is 18.4 Å². The maximum absolute atomic E-state index is 13.3. The van der Waals surface area contributed by atoms with Crippen molar-refractivity contribution in [1.82, 2.24) is 14.5 Å². The molecule has 0 saturated carbocycles. The molecule has 7 nitrogen and oxygen atoms in total. The number of fused-ring (bicyclic) bond motifs is 1. The van der Waals surface area contributed by atoms with Crippen LogP contribution in [0.15, 0.2) is 29.1 Å². The molecule has 176 valence electrons. The number of benzene rings is 1. The SMILES string of the molecule is C#CCCn1c(NCc2ccc(C(F)F)cc2)nc2c(c1=O)CN(C(=O)OC(C)(C)C)CC2. The summed E-state index contributed by atoms with van der Waals surface area (Å²) in [4.78, 5) is 31.9. The average molecular weight is 459 g/mol. The van der Waals surface area contributed by atoms with Crippen molar-refractivity contribution >= 4 is 12.0 Å². The Kier molecular flexibility index (Phi) is 7.36. The van der Waals surface area contributed by atoms with Gasteiger partial charge in [0.1, 0.15) is 5.60 Å². The molecule has 0 atom stereocenters. The van der Waals surface area contributed by atoms with Gasteiger partial charge in [-0.2, -0.15) is 0 Å². The summed E-state index contributed by atoms with van der Waals surface area (Å²) in [5, 5.41) is 3.13. The Morgan fingerprint density at radius 1 is 1.30 bits per heavy atom. The zero-order valence-corrected chi connectivity index (χ0v) is 19.0. The number of nitrogens with one attached hydrogen (secondary N) is 1. The lowest BCUT2D eigenvalue weighted by Gasteiger charge is -2.31. The van der Waals surface area contributed by atoms with E-state index in [-0.39, 0.29) is 24.2 Å². The molecule has 2 heterocycles. The molecule has 1 aliphatic heterocycles. The van der Waals surface area contributed by atoms with Crippen molar-refractivity contribution in [2.24, 2.45) is 0 Å². The zero-order chi connectivity index (χ0) is 24.2. The van der Waals surface area contributed by atoms with Gasteiger partial charge in [0.05, 0.1) is 17.8 Å². The second-order valence-corrected chi connectivity index (χ2v) is 8.82. The van der Waals surface area contributed by atoms with Crippen LogP contribution in [0.25, 0.3) is 0 Å². The van der Waals surface area contributed by atoms with Crippen LogP contribution in [-0.2, 0) is 30.8 Å². The first-order valence-corrected chi connectivity index (χ1v) is 10.7. The standard InChI is InChI=1S/C24H28F2N4O3/c1-5-6-12-30-21(31)18-15-29(23(32)33-24(2,3)4)13-11-19(18)28-22(30)27-14-16-7-9-17(10-8-16)20(25)26/h1,7-10,20H,6,11-15H2,2-4H3,(H,27,28). The molecule has 9 heteroatoms. The Morgan fingerprint density at radius 2 is 2.00 bits per heavy atom. The second-order valence-electron chi connectivity index (χ2n) is 8.82. The van der Waals surface area contributed by atoms with Gasteiger partial charge in [0.15, 0.2) is 0 Å². The molecule has 33 heavy (non-hydrogen) atoms. The number of nitrogens with zero attached hydrogens (tertiary/aromatic N) is 3. The minimum absolute atomic E-state index is 0.0499. The molecule has 1 amide bonds. The molecule has 2 aromatic rings. The van der Waals surface area contributed by atoms with E-state index < -0.39 is 18.1 Å². The molecule has 0 spiro atoms. The highest BCUT2D eigenvalue weighted by atomic mass is 19.3. The Labute approximate surface area is 191 Å². The van der Waals surface area contributed by atoms with E-state index in [0.29, 0.717) is 43.1 Å². The fourth-order valence-electron chi connectivity index (χ4n) is 3.48. The summed E-state index contributed by atoms with van der Waals surface area (Å²) in [5.41, 5.74) is 0.878. The number of halogens is 2. The van der Waals surface area contributed by atoms with Crippen LogP contribution >= 0.6 is 0 Å². The highest BCUT2D eigenvalue weighted by Crippen LogP contribution is 2.21. The largest absolute Gasteiger partial charge is 0.444 e. The Morgan fingerprint density at radius 3 is 2.61 bits per heavy atom. The van der Waals surface area contributed by atoms with Gasteiger partial charge in [-0.1, -0.05) is 24.3 Å². The lowest BCUT2D eigenvalue weighted by Crippen LogP contribution is -2.43. The van der Waals surface area contributed by atoms with Crippen molar-refractivity contribution in [3.05, 3.63) is 57.0 Å². The number of anilines is 1. The lowest BCUT2D eigenvalue weighted by molar-refractivity contribution is 0.0221. The summed E-state index contributed by atoms with van der Waals surface area (Å²) in [5.74, 6) is 2.88. The number of hydrogen-bond acceptors (Lipinski definition) is 5. The van der Waals surface area contributed by atoms with Crippen LogP contribution in [0.1, 0.15) is 56.0 Å². The third-order valence-electron chi connectivity index (χ3n) is 5.13. The maximum atomic E-state index is 13.3. The third-order valence-corrected chi connectivity index (χ3v) is 5.13. The fraction of sp³-hybridized carbons (Fsp3) is 0.458. The highest BCUT2D eigenvalue weighted by Gasteiger charge is 2.29. The Hall–Kier alpha value is -3.41. The Bertz CT molecular complexity index is 1100. The second kappa shape index (κ2) is 10.0. The molecule has 0 radical (unpaired) electrons. The number of alkyl halides is 2. The van der Waals surface area contributed by atoms with Gasteiger partial charge in [0, 0.05) is 38.0 Å². The molecule has 3 rings (SSSR count). The summed E-state index contributed by atoms with van der Waals surface area (Å²) in [6, 6.07) is 5.96. The van der Waals surface area contributed by atoms with Crippen LogP contribution < -0.4 is 10.9 Å². The lowest BCUT2D eigenvalue weighted by atomic mass is 10.1. The van der Waals surface area contributed by atoms with Crippen LogP contribution in [0.4, 0.5) is 19.5 Å². The van der Waals surface area contributed by atoms with Crippen LogP contribution in [0.2, 0.25) is 0 Å². The van der Waals surface area contributed by atoms with Crippen LogP contribution in [0, 0.1) is 12.3 Å². The van der Waals surface area contributed by atoms with E-state index in [0.717, 1.165) is 5.56 Å². The summed E-state index contributed by atoms with van der Waals surface area (Å²) >= 11 is 0. The van der Waals surface area contributed by atoms with E-state index >= 15 is 0 Å². The molecule has 1 N–H and O–H groups in total. The highest BCUT2D eigenvalue weighted by molar-refractivity contribution is 5.68. The summed E-state index contributed by atoms with van der Waals surface area (Å²) in [6.07, 6.45) is 3.14. The zero-order valence-electron chi connectivity index (χ0n) is 19.0. The van der Waals surface area contributed by atoms with E-state index in [1.165, 1.54) is 21.6 Å². The number of hydrogen-bond donors (Lipinski definition) is 1. The molecule has 0 aliphatic carbocycles. The smallest absolute Gasteiger partial charge is 0.410 e. The number of amides is 1. The van der Waals surface area contributed by atoms with Crippen molar-refractivity contribution in [1.29, 1.82) is 0 Å². The molecule has 1 aliphatic rings. The van der Waals surface area contributed by atoms with Gasteiger partial charge in [0.2, 0.25) is 5.95 Å². The minimum atomic E-state index is -2.52. The molecular formula is C24H28F2N4O3. The van der Waals surface area contributed by atoms with E-state index in [1.54, 1.807) is 32.9 Å². The number of rotatable bonds is 6. The topological polar surface area (TPSA) is 76.5 Å². The van der Waals surface area contributed by atoms with Crippen molar-refractivity contribution in [3.63, 3.8) is 0 Å². The number of aromatic nitrogens is 2. The number of carbonyl (C=O) groups excluding carboxylic acids is 1. The molecule has 1 aromatic carbocycles. The van der Waals surface area contributed by atoms with Gasteiger partial charge < -0.3 is 15.0 Å². The van der Waals surface area contributed by atoms with E-state index in [2.05, 4.69) is 16.2 Å².